The highest BCUT2D eigenvalue weighted by molar-refractivity contribution is 6.31. The van der Waals surface area contributed by atoms with Crippen LogP contribution in [-0.4, -0.2) is 47.4 Å². The summed E-state index contributed by atoms with van der Waals surface area (Å²) in [6, 6.07) is 5.82. The maximum Gasteiger partial charge on any atom is 0.256 e. The Morgan fingerprint density at radius 3 is 3.00 bits per heavy atom. The zero-order chi connectivity index (χ0) is 14.3. The molecule has 0 aliphatic carbocycles. The molecule has 2 aliphatic heterocycles. The van der Waals surface area contributed by atoms with Gasteiger partial charge >= 0.3 is 0 Å². The maximum absolute atomic E-state index is 12.7. The fourth-order valence-corrected chi connectivity index (χ4v) is 3.51. The summed E-state index contributed by atoms with van der Waals surface area (Å²) in [5.74, 6) is 0.00375. The van der Waals surface area contributed by atoms with Crippen molar-refractivity contribution in [3.63, 3.8) is 0 Å². The van der Waals surface area contributed by atoms with Crippen LogP contribution in [0.25, 0.3) is 0 Å². The largest absolute Gasteiger partial charge is 0.398 e. The molecule has 2 atom stereocenters. The number of nitrogen functional groups attached to an aromatic ring is 1. The summed E-state index contributed by atoms with van der Waals surface area (Å²) in [6.45, 7) is 5.02. The molecule has 108 valence electrons. The van der Waals surface area contributed by atoms with Crippen molar-refractivity contribution in [1.82, 2.24) is 9.80 Å². The Balaban J connectivity index is 1.84. The highest BCUT2D eigenvalue weighted by Gasteiger charge is 2.37. The smallest absolute Gasteiger partial charge is 0.256 e. The fourth-order valence-electron chi connectivity index (χ4n) is 3.34. The molecule has 1 aromatic rings. The van der Waals surface area contributed by atoms with Crippen LogP contribution in [0.15, 0.2) is 18.2 Å². The Hall–Kier alpha value is -1.26. The Morgan fingerprint density at radius 1 is 1.40 bits per heavy atom. The Bertz CT molecular complexity index is 534. The number of benzene rings is 1. The summed E-state index contributed by atoms with van der Waals surface area (Å²) in [6.07, 6.45) is 2.42. The number of anilines is 1. The van der Waals surface area contributed by atoms with Gasteiger partial charge in [-0.05, 0) is 44.5 Å². The zero-order valence-corrected chi connectivity index (χ0v) is 12.4. The standard InChI is InChI=1S/C15H20ClN3O/c1-10-8-18-6-2-3-12(18)9-19(10)15(20)13-7-11(16)4-5-14(13)17/h4-5,7,10,12H,2-3,6,8-9,17H2,1H3. The van der Waals surface area contributed by atoms with Crippen LogP contribution in [0.3, 0.4) is 0 Å². The van der Waals surface area contributed by atoms with Gasteiger partial charge in [-0.3, -0.25) is 9.69 Å². The van der Waals surface area contributed by atoms with Crippen LogP contribution in [0.4, 0.5) is 5.69 Å². The average molecular weight is 294 g/mol. The van der Waals surface area contributed by atoms with Crippen LogP contribution in [0.2, 0.25) is 5.02 Å². The number of amides is 1. The SMILES string of the molecule is CC1CN2CCCC2CN1C(=O)c1cc(Cl)ccc1N. The van der Waals surface area contributed by atoms with E-state index in [1.165, 1.54) is 12.8 Å². The number of hydrogen-bond acceptors (Lipinski definition) is 3. The van der Waals surface area contributed by atoms with Crippen molar-refractivity contribution in [3.8, 4) is 0 Å². The van der Waals surface area contributed by atoms with Crippen LogP contribution >= 0.6 is 11.6 Å². The fraction of sp³-hybridized carbons (Fsp3) is 0.533. The molecule has 2 heterocycles. The lowest BCUT2D eigenvalue weighted by atomic mass is 10.1. The van der Waals surface area contributed by atoms with Gasteiger partial charge in [0.05, 0.1) is 5.56 Å². The molecule has 2 saturated heterocycles. The molecule has 1 aromatic carbocycles. The van der Waals surface area contributed by atoms with E-state index in [9.17, 15) is 4.79 Å². The van der Waals surface area contributed by atoms with Gasteiger partial charge in [-0.1, -0.05) is 11.6 Å². The predicted molar refractivity (Wildman–Crippen MR) is 81.0 cm³/mol. The highest BCUT2D eigenvalue weighted by atomic mass is 35.5. The number of piperazine rings is 1. The minimum Gasteiger partial charge on any atom is -0.398 e. The normalized spacial score (nSPS) is 26.6. The lowest BCUT2D eigenvalue weighted by molar-refractivity contribution is 0.0396. The minimum atomic E-state index is 0.00375. The number of halogens is 1. The first-order chi connectivity index (χ1) is 9.56. The Kier molecular flexibility index (Phi) is 3.61. The molecular weight excluding hydrogens is 274 g/mol. The molecule has 0 saturated carbocycles. The van der Waals surface area contributed by atoms with Crippen LogP contribution in [0, 0.1) is 0 Å². The van der Waals surface area contributed by atoms with E-state index in [-0.39, 0.29) is 11.9 Å². The van der Waals surface area contributed by atoms with Gasteiger partial charge in [0, 0.05) is 35.9 Å². The van der Waals surface area contributed by atoms with Gasteiger partial charge in [-0.25, -0.2) is 0 Å². The zero-order valence-electron chi connectivity index (χ0n) is 11.7. The molecule has 0 aromatic heterocycles. The molecule has 4 nitrogen and oxygen atoms in total. The third-order valence-electron chi connectivity index (χ3n) is 4.44. The first-order valence-corrected chi connectivity index (χ1v) is 7.54. The minimum absolute atomic E-state index is 0.00375. The van der Waals surface area contributed by atoms with Crippen molar-refractivity contribution in [2.75, 3.05) is 25.4 Å². The highest BCUT2D eigenvalue weighted by Crippen LogP contribution is 2.27. The second-order valence-electron chi connectivity index (χ2n) is 5.83. The molecule has 2 fully saturated rings. The van der Waals surface area contributed by atoms with Crippen molar-refractivity contribution in [3.05, 3.63) is 28.8 Å². The van der Waals surface area contributed by atoms with Gasteiger partial charge in [0.25, 0.3) is 5.91 Å². The maximum atomic E-state index is 12.7. The number of nitrogens with zero attached hydrogens (tertiary/aromatic N) is 2. The predicted octanol–water partition coefficient (Wildman–Crippen LogP) is 2.23. The van der Waals surface area contributed by atoms with Crippen LogP contribution in [0.5, 0.6) is 0 Å². The van der Waals surface area contributed by atoms with Gasteiger partial charge in [0.2, 0.25) is 0 Å². The van der Waals surface area contributed by atoms with Crippen molar-refractivity contribution < 1.29 is 4.79 Å². The first kappa shape index (κ1) is 13.7. The van der Waals surface area contributed by atoms with E-state index < -0.39 is 0 Å². The summed E-state index contributed by atoms with van der Waals surface area (Å²) in [5, 5.41) is 0.551. The lowest BCUT2D eigenvalue weighted by Gasteiger charge is -2.42. The third-order valence-corrected chi connectivity index (χ3v) is 4.68. The Morgan fingerprint density at radius 2 is 2.20 bits per heavy atom. The Labute approximate surface area is 124 Å². The molecule has 5 heteroatoms. The second kappa shape index (κ2) is 5.26. The molecular formula is C15H20ClN3O. The van der Waals surface area contributed by atoms with E-state index in [1.807, 2.05) is 4.90 Å². The van der Waals surface area contributed by atoms with Crippen molar-refractivity contribution in [2.24, 2.45) is 0 Å². The monoisotopic (exact) mass is 293 g/mol. The van der Waals surface area contributed by atoms with Gasteiger partial charge in [0.15, 0.2) is 0 Å². The van der Waals surface area contributed by atoms with Crippen molar-refractivity contribution >= 4 is 23.2 Å². The molecule has 20 heavy (non-hydrogen) atoms. The number of fused-ring (bicyclic) bond motifs is 1. The number of rotatable bonds is 1. The van der Waals surface area contributed by atoms with E-state index in [2.05, 4.69) is 11.8 Å². The number of carbonyl (C=O) groups is 1. The average Bonchev–Trinajstić information content (AvgIpc) is 2.87. The molecule has 2 unspecified atom stereocenters. The van der Waals surface area contributed by atoms with E-state index >= 15 is 0 Å². The van der Waals surface area contributed by atoms with Gasteiger partial charge in [-0.15, -0.1) is 0 Å². The third kappa shape index (κ3) is 2.38. The quantitative estimate of drug-likeness (QED) is 0.808. The number of carbonyl (C=O) groups excluding carboxylic acids is 1. The van der Waals surface area contributed by atoms with Crippen LogP contribution in [-0.2, 0) is 0 Å². The summed E-state index contributed by atoms with van der Waals surface area (Å²) < 4.78 is 0. The van der Waals surface area contributed by atoms with Crippen LogP contribution < -0.4 is 5.73 Å². The molecule has 1 amide bonds. The molecule has 2 N–H and O–H groups in total. The number of hydrogen-bond donors (Lipinski definition) is 1. The summed E-state index contributed by atoms with van der Waals surface area (Å²) in [7, 11) is 0. The second-order valence-corrected chi connectivity index (χ2v) is 6.27. The van der Waals surface area contributed by atoms with Crippen LogP contribution in [0.1, 0.15) is 30.1 Å². The first-order valence-electron chi connectivity index (χ1n) is 7.16. The molecule has 3 rings (SSSR count). The van der Waals surface area contributed by atoms with E-state index in [0.717, 1.165) is 19.6 Å². The molecule has 2 aliphatic rings. The molecule has 0 bridgehead atoms. The van der Waals surface area contributed by atoms with Crippen molar-refractivity contribution in [1.29, 1.82) is 0 Å². The summed E-state index contributed by atoms with van der Waals surface area (Å²) in [4.78, 5) is 17.2. The summed E-state index contributed by atoms with van der Waals surface area (Å²) in [5.41, 5.74) is 6.96. The molecule has 0 radical (unpaired) electrons. The van der Waals surface area contributed by atoms with Gasteiger partial charge in [0.1, 0.15) is 0 Å². The number of nitrogens with two attached hydrogens (primary N) is 1. The summed E-state index contributed by atoms with van der Waals surface area (Å²) >= 11 is 5.99. The topological polar surface area (TPSA) is 49.6 Å². The van der Waals surface area contributed by atoms with Crippen molar-refractivity contribution in [2.45, 2.75) is 31.8 Å². The van der Waals surface area contributed by atoms with E-state index in [1.54, 1.807) is 18.2 Å². The van der Waals surface area contributed by atoms with E-state index in [4.69, 9.17) is 17.3 Å². The van der Waals surface area contributed by atoms with Gasteiger partial charge < -0.3 is 10.6 Å². The lowest BCUT2D eigenvalue weighted by Crippen LogP contribution is -2.56. The van der Waals surface area contributed by atoms with Gasteiger partial charge in [-0.2, -0.15) is 0 Å². The molecule has 0 spiro atoms. The van der Waals surface area contributed by atoms with E-state index in [0.29, 0.717) is 22.3 Å².